The van der Waals surface area contributed by atoms with Crippen LogP contribution >= 0.6 is 0 Å². The average molecular weight is 261 g/mol. The summed E-state index contributed by atoms with van der Waals surface area (Å²) in [5.41, 5.74) is 7.32. The van der Waals surface area contributed by atoms with Crippen LogP contribution < -0.4 is 10.5 Å². The lowest BCUT2D eigenvalue weighted by atomic mass is 10.0. The summed E-state index contributed by atoms with van der Waals surface area (Å²) >= 11 is 0. The van der Waals surface area contributed by atoms with Gasteiger partial charge in [-0.1, -0.05) is 30.3 Å². The molecule has 0 radical (unpaired) electrons. The van der Waals surface area contributed by atoms with E-state index in [0.29, 0.717) is 24.5 Å². The van der Waals surface area contributed by atoms with E-state index in [4.69, 9.17) is 15.2 Å². The van der Waals surface area contributed by atoms with Gasteiger partial charge in [0.25, 0.3) is 0 Å². The zero-order valence-electron chi connectivity index (χ0n) is 10.7. The molecule has 2 rings (SSSR count). The number of para-hydroxylation sites is 2. The Kier molecular flexibility index (Phi) is 4.36. The third-order valence-electron chi connectivity index (χ3n) is 2.78. The standard InChI is InChI=1S/C15H16FNO2/c1-18-9-10-19-14-8-3-2-5-11(14)12-6-4-7-13(16)15(12)17/h2-8H,9-10,17H2,1H3. The minimum Gasteiger partial charge on any atom is -0.491 e. The average Bonchev–Trinajstić information content (AvgIpc) is 2.43. The summed E-state index contributed by atoms with van der Waals surface area (Å²) < 4.78 is 24.1. The smallest absolute Gasteiger partial charge is 0.146 e. The van der Waals surface area contributed by atoms with Gasteiger partial charge < -0.3 is 15.2 Å². The van der Waals surface area contributed by atoms with Crippen molar-refractivity contribution in [3.63, 3.8) is 0 Å². The fraction of sp³-hybridized carbons (Fsp3) is 0.200. The van der Waals surface area contributed by atoms with Crippen LogP contribution in [0.5, 0.6) is 5.75 Å². The third kappa shape index (κ3) is 3.03. The molecular weight excluding hydrogens is 245 g/mol. The lowest BCUT2D eigenvalue weighted by Gasteiger charge is -2.13. The van der Waals surface area contributed by atoms with Crippen molar-refractivity contribution in [1.82, 2.24) is 0 Å². The van der Waals surface area contributed by atoms with Crippen molar-refractivity contribution in [2.75, 3.05) is 26.1 Å². The fourth-order valence-electron chi connectivity index (χ4n) is 1.82. The van der Waals surface area contributed by atoms with Crippen LogP contribution in [0.2, 0.25) is 0 Å². The molecule has 100 valence electrons. The molecule has 0 bridgehead atoms. The third-order valence-corrected chi connectivity index (χ3v) is 2.78. The Bertz CT molecular complexity index is 558. The van der Waals surface area contributed by atoms with E-state index < -0.39 is 5.82 Å². The number of benzene rings is 2. The van der Waals surface area contributed by atoms with Gasteiger partial charge in [0.2, 0.25) is 0 Å². The Balaban J connectivity index is 2.36. The maximum absolute atomic E-state index is 13.5. The highest BCUT2D eigenvalue weighted by Gasteiger charge is 2.11. The fourth-order valence-corrected chi connectivity index (χ4v) is 1.82. The lowest BCUT2D eigenvalue weighted by Crippen LogP contribution is -2.05. The molecule has 0 atom stereocenters. The van der Waals surface area contributed by atoms with Crippen molar-refractivity contribution in [3.05, 3.63) is 48.3 Å². The van der Waals surface area contributed by atoms with Gasteiger partial charge in [-0.05, 0) is 12.1 Å². The monoisotopic (exact) mass is 261 g/mol. The molecular formula is C15H16FNO2. The van der Waals surface area contributed by atoms with Gasteiger partial charge in [-0.2, -0.15) is 0 Å². The summed E-state index contributed by atoms with van der Waals surface area (Å²) in [5, 5.41) is 0. The SMILES string of the molecule is COCCOc1ccccc1-c1cccc(F)c1N. The normalized spacial score (nSPS) is 10.4. The molecule has 0 fully saturated rings. The quantitative estimate of drug-likeness (QED) is 0.664. The van der Waals surface area contributed by atoms with Gasteiger partial charge in [0.15, 0.2) is 0 Å². The predicted molar refractivity (Wildman–Crippen MR) is 73.6 cm³/mol. The van der Waals surface area contributed by atoms with Crippen molar-refractivity contribution in [3.8, 4) is 16.9 Å². The highest BCUT2D eigenvalue weighted by Crippen LogP contribution is 2.34. The van der Waals surface area contributed by atoms with Crippen LogP contribution in [0.25, 0.3) is 11.1 Å². The molecule has 2 aromatic rings. The molecule has 0 aliphatic carbocycles. The van der Waals surface area contributed by atoms with E-state index in [9.17, 15) is 4.39 Å². The number of halogens is 1. The van der Waals surface area contributed by atoms with E-state index in [-0.39, 0.29) is 5.69 Å². The Morgan fingerprint density at radius 2 is 1.74 bits per heavy atom. The van der Waals surface area contributed by atoms with E-state index in [0.717, 1.165) is 5.56 Å². The lowest BCUT2D eigenvalue weighted by molar-refractivity contribution is 0.146. The summed E-state index contributed by atoms with van der Waals surface area (Å²) in [5.74, 6) is 0.237. The van der Waals surface area contributed by atoms with E-state index in [1.165, 1.54) is 6.07 Å². The molecule has 0 heterocycles. The maximum Gasteiger partial charge on any atom is 0.146 e. The number of rotatable bonds is 5. The van der Waals surface area contributed by atoms with Gasteiger partial charge in [0.05, 0.1) is 12.3 Å². The van der Waals surface area contributed by atoms with Gasteiger partial charge in [0, 0.05) is 18.2 Å². The first-order valence-corrected chi connectivity index (χ1v) is 5.99. The molecule has 0 unspecified atom stereocenters. The van der Waals surface area contributed by atoms with Crippen molar-refractivity contribution in [1.29, 1.82) is 0 Å². The number of anilines is 1. The molecule has 4 heteroatoms. The van der Waals surface area contributed by atoms with Gasteiger partial charge in [0.1, 0.15) is 18.2 Å². The number of hydrogen-bond donors (Lipinski definition) is 1. The molecule has 0 aliphatic rings. The summed E-state index contributed by atoms with van der Waals surface area (Å²) in [6.07, 6.45) is 0. The second-order valence-corrected chi connectivity index (χ2v) is 4.04. The van der Waals surface area contributed by atoms with Crippen molar-refractivity contribution in [2.24, 2.45) is 0 Å². The van der Waals surface area contributed by atoms with Gasteiger partial charge in [-0.25, -0.2) is 4.39 Å². The summed E-state index contributed by atoms with van der Waals surface area (Å²) in [4.78, 5) is 0. The second kappa shape index (κ2) is 6.20. The number of ether oxygens (including phenoxy) is 2. The highest BCUT2D eigenvalue weighted by molar-refractivity contribution is 5.80. The van der Waals surface area contributed by atoms with Crippen LogP contribution in [-0.4, -0.2) is 20.3 Å². The van der Waals surface area contributed by atoms with Crippen molar-refractivity contribution < 1.29 is 13.9 Å². The first kappa shape index (κ1) is 13.4. The topological polar surface area (TPSA) is 44.5 Å². The van der Waals surface area contributed by atoms with Crippen LogP contribution in [0.4, 0.5) is 10.1 Å². The minimum atomic E-state index is -0.427. The van der Waals surface area contributed by atoms with Crippen LogP contribution in [0, 0.1) is 5.82 Å². The maximum atomic E-state index is 13.5. The number of nitrogens with two attached hydrogens (primary N) is 1. The molecule has 3 nitrogen and oxygen atoms in total. The zero-order valence-corrected chi connectivity index (χ0v) is 10.7. The number of methoxy groups -OCH3 is 1. The first-order valence-electron chi connectivity index (χ1n) is 5.99. The summed E-state index contributed by atoms with van der Waals surface area (Å²) in [6, 6.07) is 12.2. The Morgan fingerprint density at radius 1 is 1.00 bits per heavy atom. The van der Waals surface area contributed by atoms with E-state index in [2.05, 4.69) is 0 Å². The van der Waals surface area contributed by atoms with Gasteiger partial charge in [-0.3, -0.25) is 0 Å². The molecule has 2 aromatic carbocycles. The minimum absolute atomic E-state index is 0.130. The number of hydrogen-bond acceptors (Lipinski definition) is 3. The molecule has 0 saturated heterocycles. The van der Waals surface area contributed by atoms with Crippen LogP contribution in [0.3, 0.4) is 0 Å². The molecule has 0 saturated carbocycles. The molecule has 0 aromatic heterocycles. The Hall–Kier alpha value is -2.07. The Morgan fingerprint density at radius 3 is 2.53 bits per heavy atom. The summed E-state index contributed by atoms with van der Waals surface area (Å²) in [7, 11) is 1.61. The molecule has 0 aliphatic heterocycles. The van der Waals surface area contributed by atoms with Gasteiger partial charge >= 0.3 is 0 Å². The van der Waals surface area contributed by atoms with Crippen LogP contribution in [0.15, 0.2) is 42.5 Å². The zero-order chi connectivity index (χ0) is 13.7. The van der Waals surface area contributed by atoms with E-state index in [1.54, 1.807) is 19.2 Å². The molecule has 0 spiro atoms. The first-order chi connectivity index (χ1) is 9.24. The van der Waals surface area contributed by atoms with Crippen LogP contribution in [-0.2, 0) is 4.74 Å². The predicted octanol–water partition coefficient (Wildman–Crippen LogP) is 3.10. The molecule has 19 heavy (non-hydrogen) atoms. The molecule has 0 amide bonds. The second-order valence-electron chi connectivity index (χ2n) is 4.04. The van der Waals surface area contributed by atoms with E-state index in [1.807, 2.05) is 24.3 Å². The van der Waals surface area contributed by atoms with Crippen LogP contribution in [0.1, 0.15) is 0 Å². The largest absolute Gasteiger partial charge is 0.491 e. The Labute approximate surface area is 111 Å². The highest BCUT2D eigenvalue weighted by atomic mass is 19.1. The number of nitrogen functional groups attached to an aromatic ring is 1. The molecule has 2 N–H and O–H groups in total. The van der Waals surface area contributed by atoms with E-state index >= 15 is 0 Å². The van der Waals surface area contributed by atoms with Crippen molar-refractivity contribution >= 4 is 5.69 Å². The van der Waals surface area contributed by atoms with Gasteiger partial charge in [-0.15, -0.1) is 0 Å². The van der Waals surface area contributed by atoms with Crippen molar-refractivity contribution in [2.45, 2.75) is 0 Å². The summed E-state index contributed by atoms with van der Waals surface area (Å²) in [6.45, 7) is 0.926.